The summed E-state index contributed by atoms with van der Waals surface area (Å²) >= 11 is 0. The lowest BCUT2D eigenvalue weighted by molar-refractivity contribution is 0.00223. The van der Waals surface area contributed by atoms with Crippen LogP contribution in [-0.4, -0.2) is 26.5 Å². The number of aliphatic hydroxyl groups excluding tert-OH is 1. The van der Waals surface area contributed by atoms with Gasteiger partial charge >= 0.3 is 0 Å². The molecule has 2 aromatic carbocycles. The molecule has 0 radical (unpaired) electrons. The number of fused-ring (bicyclic) bond motifs is 1. The highest BCUT2D eigenvalue weighted by atomic mass is 16.5. The second kappa shape index (κ2) is 5.10. The van der Waals surface area contributed by atoms with Crippen molar-refractivity contribution in [3.05, 3.63) is 47.0 Å². The number of phenols is 3. The third-order valence-corrected chi connectivity index (χ3v) is 4.26. The van der Waals surface area contributed by atoms with E-state index >= 15 is 0 Å². The van der Waals surface area contributed by atoms with Crippen LogP contribution in [0.3, 0.4) is 0 Å². The van der Waals surface area contributed by atoms with E-state index in [9.17, 15) is 20.4 Å². The molecule has 3 atom stereocenters. The van der Waals surface area contributed by atoms with Gasteiger partial charge in [0.25, 0.3) is 0 Å². The summed E-state index contributed by atoms with van der Waals surface area (Å²) in [4.78, 5) is 0. The highest BCUT2D eigenvalue weighted by Gasteiger charge is 2.38. The van der Waals surface area contributed by atoms with Gasteiger partial charge in [-0.2, -0.15) is 0 Å². The second-order valence-corrected chi connectivity index (χ2v) is 5.69. The molecule has 0 amide bonds. The zero-order valence-corrected chi connectivity index (χ0v) is 12.3. The van der Waals surface area contributed by atoms with E-state index in [4.69, 9.17) is 4.74 Å². The standard InChI is InChI=1S/C17H18O5/c1-8-12(19)7-13(20)14-9(2)15(21)17(22-16(8)14)10-3-5-11(18)6-4-10/h3-7,9,15,17-21H,1-2H3/t9-,15-,17+/m0/s1. The molecule has 0 saturated heterocycles. The van der Waals surface area contributed by atoms with Gasteiger partial charge in [0.1, 0.15) is 29.1 Å². The van der Waals surface area contributed by atoms with Crippen LogP contribution in [0.25, 0.3) is 0 Å². The van der Waals surface area contributed by atoms with Crippen LogP contribution in [0.5, 0.6) is 23.0 Å². The molecule has 4 N–H and O–H groups in total. The molecule has 1 aliphatic rings. The van der Waals surface area contributed by atoms with Crippen molar-refractivity contribution in [1.29, 1.82) is 0 Å². The summed E-state index contributed by atoms with van der Waals surface area (Å²) in [6.07, 6.45) is -1.49. The second-order valence-electron chi connectivity index (χ2n) is 5.69. The molecule has 0 spiro atoms. The first kappa shape index (κ1) is 14.5. The summed E-state index contributed by atoms with van der Waals surface area (Å²) in [5.74, 6) is 0.0299. The molecule has 0 aliphatic carbocycles. The molecule has 1 aliphatic heterocycles. The summed E-state index contributed by atoms with van der Waals surface area (Å²) in [5.41, 5.74) is 1.73. The third kappa shape index (κ3) is 2.14. The first-order chi connectivity index (χ1) is 10.4. The van der Waals surface area contributed by atoms with Gasteiger partial charge in [-0.1, -0.05) is 19.1 Å². The number of aromatic hydroxyl groups is 3. The predicted molar refractivity (Wildman–Crippen MR) is 80.4 cm³/mol. The van der Waals surface area contributed by atoms with E-state index in [2.05, 4.69) is 0 Å². The maximum atomic E-state index is 10.5. The lowest BCUT2D eigenvalue weighted by Gasteiger charge is -2.36. The maximum absolute atomic E-state index is 10.5. The molecule has 22 heavy (non-hydrogen) atoms. The van der Waals surface area contributed by atoms with Crippen LogP contribution in [0.15, 0.2) is 30.3 Å². The molecule has 2 aromatic rings. The fourth-order valence-electron chi connectivity index (χ4n) is 2.90. The van der Waals surface area contributed by atoms with Crippen molar-refractivity contribution in [3.8, 4) is 23.0 Å². The van der Waals surface area contributed by atoms with Crippen LogP contribution >= 0.6 is 0 Å². The van der Waals surface area contributed by atoms with Gasteiger partial charge in [-0.05, 0) is 24.6 Å². The molecule has 3 rings (SSSR count). The Bertz CT molecular complexity index is 708. The number of hydrogen-bond donors (Lipinski definition) is 4. The fraction of sp³-hybridized carbons (Fsp3) is 0.294. The van der Waals surface area contributed by atoms with Crippen molar-refractivity contribution in [1.82, 2.24) is 0 Å². The van der Waals surface area contributed by atoms with Gasteiger partial charge in [-0.25, -0.2) is 0 Å². The van der Waals surface area contributed by atoms with E-state index in [0.29, 0.717) is 22.4 Å². The van der Waals surface area contributed by atoms with Crippen LogP contribution in [-0.2, 0) is 0 Å². The van der Waals surface area contributed by atoms with Gasteiger partial charge < -0.3 is 25.2 Å². The number of ether oxygens (including phenoxy) is 1. The van der Waals surface area contributed by atoms with Gasteiger partial charge in [0.15, 0.2) is 6.10 Å². The fourth-order valence-corrected chi connectivity index (χ4v) is 2.90. The Balaban J connectivity index is 2.10. The molecule has 1 heterocycles. The normalized spacial score (nSPS) is 23.7. The monoisotopic (exact) mass is 302 g/mol. The summed E-state index contributed by atoms with van der Waals surface area (Å²) in [5, 5.41) is 39.8. The molecule has 116 valence electrons. The Morgan fingerprint density at radius 2 is 1.64 bits per heavy atom. The molecule has 5 heteroatoms. The lowest BCUT2D eigenvalue weighted by Crippen LogP contribution is -2.33. The van der Waals surface area contributed by atoms with Crippen LogP contribution in [0, 0.1) is 6.92 Å². The Labute approximate surface area is 128 Å². The van der Waals surface area contributed by atoms with E-state index in [0.717, 1.165) is 0 Å². The quantitative estimate of drug-likeness (QED) is 0.650. The minimum Gasteiger partial charge on any atom is -0.508 e. The molecular formula is C17H18O5. The first-order valence-corrected chi connectivity index (χ1v) is 7.09. The number of benzene rings is 2. The van der Waals surface area contributed by atoms with Gasteiger partial charge in [-0.3, -0.25) is 0 Å². The van der Waals surface area contributed by atoms with Gasteiger partial charge in [0, 0.05) is 23.1 Å². The molecule has 0 aromatic heterocycles. The largest absolute Gasteiger partial charge is 0.508 e. The van der Waals surface area contributed by atoms with Crippen LogP contribution in [0.2, 0.25) is 0 Å². The van der Waals surface area contributed by atoms with Crippen molar-refractivity contribution in [2.24, 2.45) is 0 Å². The Hall–Kier alpha value is -2.40. The SMILES string of the molecule is Cc1c(O)cc(O)c2c1O[C@H](c1ccc(O)cc1)[C@@H](O)[C@H]2C. The molecule has 5 nitrogen and oxygen atoms in total. The molecule has 0 unspecified atom stereocenters. The van der Waals surface area contributed by atoms with E-state index in [1.807, 2.05) is 0 Å². The van der Waals surface area contributed by atoms with E-state index < -0.39 is 12.2 Å². The minimum absolute atomic E-state index is 0.0516. The number of aliphatic hydroxyl groups is 1. The van der Waals surface area contributed by atoms with E-state index in [1.54, 1.807) is 26.0 Å². The summed E-state index contributed by atoms with van der Waals surface area (Å²) < 4.78 is 5.88. The van der Waals surface area contributed by atoms with Crippen molar-refractivity contribution >= 4 is 0 Å². The molecule has 0 bridgehead atoms. The lowest BCUT2D eigenvalue weighted by atomic mass is 9.84. The summed E-state index contributed by atoms with van der Waals surface area (Å²) in [6.45, 7) is 3.50. The predicted octanol–water partition coefficient (Wildman–Crippen LogP) is 2.71. The highest BCUT2D eigenvalue weighted by Crippen LogP contribution is 2.49. The zero-order valence-electron chi connectivity index (χ0n) is 12.3. The Kier molecular flexibility index (Phi) is 3.37. The topological polar surface area (TPSA) is 90.2 Å². The maximum Gasteiger partial charge on any atom is 0.150 e. The smallest absolute Gasteiger partial charge is 0.150 e. The number of phenolic OH excluding ortho intramolecular Hbond substituents is 3. The minimum atomic E-state index is -0.855. The van der Waals surface area contributed by atoms with E-state index in [1.165, 1.54) is 18.2 Å². The van der Waals surface area contributed by atoms with Crippen LogP contribution in [0.4, 0.5) is 0 Å². The van der Waals surface area contributed by atoms with Gasteiger partial charge in [0.05, 0.1) is 0 Å². The van der Waals surface area contributed by atoms with Crippen molar-refractivity contribution in [3.63, 3.8) is 0 Å². The molecule has 0 saturated carbocycles. The Morgan fingerprint density at radius 1 is 1.00 bits per heavy atom. The van der Waals surface area contributed by atoms with Crippen LogP contribution < -0.4 is 4.74 Å². The summed E-state index contributed by atoms with van der Waals surface area (Å²) in [7, 11) is 0. The molecular weight excluding hydrogens is 284 g/mol. The highest BCUT2D eigenvalue weighted by molar-refractivity contribution is 5.58. The third-order valence-electron chi connectivity index (χ3n) is 4.26. The Morgan fingerprint density at radius 3 is 2.27 bits per heavy atom. The number of hydrogen-bond acceptors (Lipinski definition) is 5. The van der Waals surface area contributed by atoms with Crippen molar-refractivity contribution in [2.75, 3.05) is 0 Å². The average Bonchev–Trinajstić information content (AvgIpc) is 2.48. The average molecular weight is 302 g/mol. The molecule has 0 fully saturated rings. The van der Waals surface area contributed by atoms with E-state index in [-0.39, 0.29) is 23.2 Å². The first-order valence-electron chi connectivity index (χ1n) is 7.09. The van der Waals surface area contributed by atoms with Crippen molar-refractivity contribution < 1.29 is 25.2 Å². The zero-order chi connectivity index (χ0) is 16.0. The number of rotatable bonds is 1. The van der Waals surface area contributed by atoms with Crippen molar-refractivity contribution in [2.45, 2.75) is 32.0 Å². The van der Waals surface area contributed by atoms with Gasteiger partial charge in [-0.15, -0.1) is 0 Å². The summed E-state index contributed by atoms with van der Waals surface area (Å²) in [6, 6.07) is 7.68. The van der Waals surface area contributed by atoms with Gasteiger partial charge in [0.2, 0.25) is 0 Å². The van der Waals surface area contributed by atoms with Crippen LogP contribution in [0.1, 0.15) is 35.6 Å².